The summed E-state index contributed by atoms with van der Waals surface area (Å²) in [4.78, 5) is 0. The summed E-state index contributed by atoms with van der Waals surface area (Å²) in [6.07, 6.45) is 10.0. The molecule has 0 fully saturated rings. The molecule has 0 amide bonds. The fourth-order valence-corrected chi connectivity index (χ4v) is 3.31. The zero-order valence-electron chi connectivity index (χ0n) is 16.5. The normalized spacial score (nSPS) is 10.6. The SMILES string of the molecule is [C-]1=CC=CC1.[Cl-].[Cl-].[Ti+2]=[C](c1ccccc1)c1ccccc1.c1ccc2[cH-]ccc2c1. The summed E-state index contributed by atoms with van der Waals surface area (Å²) < 4.78 is 1.33. The zero-order valence-corrected chi connectivity index (χ0v) is 19.6. The first-order chi connectivity index (χ1) is 13.8. The van der Waals surface area contributed by atoms with Gasteiger partial charge in [-0.1, -0.05) is 6.07 Å². The minimum atomic E-state index is 0. The van der Waals surface area contributed by atoms with Gasteiger partial charge in [-0.15, -0.1) is 36.1 Å². The molecule has 4 aromatic carbocycles. The first kappa shape index (κ1) is 26.0. The first-order valence-corrected chi connectivity index (χ1v) is 10.1. The third kappa shape index (κ3) is 8.34. The minimum absolute atomic E-state index is 0. The Morgan fingerprint density at radius 3 is 1.77 bits per heavy atom. The molecule has 5 rings (SSSR count). The summed E-state index contributed by atoms with van der Waals surface area (Å²) in [6.45, 7) is 0. The van der Waals surface area contributed by atoms with E-state index in [0.29, 0.717) is 0 Å². The quantitative estimate of drug-likeness (QED) is 0.302. The van der Waals surface area contributed by atoms with Gasteiger partial charge in [0.15, 0.2) is 0 Å². The Morgan fingerprint density at radius 2 is 1.30 bits per heavy atom. The van der Waals surface area contributed by atoms with Gasteiger partial charge in [-0.2, -0.15) is 23.6 Å². The minimum Gasteiger partial charge on any atom is -0.168 e. The molecule has 0 aromatic heterocycles. The maximum Gasteiger partial charge on any atom is -0.0809 e. The molecule has 0 N–H and O–H groups in total. The molecule has 0 spiro atoms. The molecule has 0 radical (unpaired) electrons. The molecule has 1 aliphatic carbocycles. The van der Waals surface area contributed by atoms with E-state index in [0.717, 1.165) is 6.42 Å². The Hall–Kier alpha value is -2.09. The van der Waals surface area contributed by atoms with Crippen LogP contribution in [0, 0.1) is 6.08 Å². The van der Waals surface area contributed by atoms with Crippen molar-refractivity contribution >= 4 is 14.6 Å². The molecule has 1 aliphatic rings. The van der Waals surface area contributed by atoms with Crippen LogP contribution >= 0.6 is 0 Å². The average Bonchev–Trinajstić information content (AvgIpc) is 3.50. The van der Waals surface area contributed by atoms with Crippen molar-refractivity contribution in [1.29, 1.82) is 0 Å². The predicted molar refractivity (Wildman–Crippen MR) is 117 cm³/mol. The molecule has 150 valence electrons. The summed E-state index contributed by atoms with van der Waals surface area (Å²) >= 11 is 2.16. The van der Waals surface area contributed by atoms with Gasteiger partial charge in [0, 0.05) is 0 Å². The summed E-state index contributed by atoms with van der Waals surface area (Å²) in [5, 5.41) is 2.66. The number of hydrogen-bond donors (Lipinski definition) is 0. The molecule has 3 heteroatoms. The van der Waals surface area contributed by atoms with E-state index in [1.54, 1.807) is 0 Å². The first-order valence-electron chi connectivity index (χ1n) is 9.36. The van der Waals surface area contributed by atoms with E-state index in [1.165, 1.54) is 25.7 Å². The maximum absolute atomic E-state index is 2.99. The van der Waals surface area contributed by atoms with Crippen molar-refractivity contribution in [3.63, 3.8) is 0 Å². The van der Waals surface area contributed by atoms with Crippen LogP contribution in [-0.2, 0) is 20.0 Å². The third-order valence-electron chi connectivity index (χ3n) is 4.26. The van der Waals surface area contributed by atoms with Gasteiger partial charge < -0.3 is 24.8 Å². The van der Waals surface area contributed by atoms with Gasteiger partial charge in [0.05, 0.1) is 0 Å². The van der Waals surface area contributed by atoms with E-state index in [1.807, 2.05) is 24.3 Å². The Kier molecular flexibility index (Phi) is 12.8. The van der Waals surface area contributed by atoms with Gasteiger partial charge in [-0.3, -0.25) is 6.08 Å². The van der Waals surface area contributed by atoms with Crippen LogP contribution in [0.25, 0.3) is 10.8 Å². The van der Waals surface area contributed by atoms with Crippen LogP contribution in [0.15, 0.2) is 121 Å². The van der Waals surface area contributed by atoms with Gasteiger partial charge >= 0.3 is 95.6 Å². The fourth-order valence-electron chi connectivity index (χ4n) is 2.79. The fraction of sp³-hybridized carbons (Fsp3) is 0.0370. The molecule has 0 saturated carbocycles. The second-order valence-corrected chi connectivity index (χ2v) is 7.05. The number of fused-ring (bicyclic) bond motifs is 1. The molecule has 0 nitrogen and oxygen atoms in total. The molecule has 0 atom stereocenters. The largest absolute Gasteiger partial charge is 0.168 e. The van der Waals surface area contributed by atoms with Crippen LogP contribution in [-0.4, -0.2) is 3.81 Å². The standard InChI is InChI=1S/C13H10.C9H7.C5H5.2ClH.Ti/c1-3-7-12(8-4-1)11-13-9-5-2-6-10-13;1-2-5-9-7-3-6-8(9)4-1;1-2-4-5-3-1;;;/h1-10H;1-7H;1-3H,4H2;2*1H;/q;2*-1;;;+2/p-2. The second kappa shape index (κ2) is 14.8. The molecule has 4 aromatic rings. The molecule has 0 aliphatic heterocycles. The Balaban J connectivity index is 0.000000242. The number of benzene rings is 3. The monoisotopic (exact) mass is 464 g/mol. The van der Waals surface area contributed by atoms with Crippen molar-refractivity contribution in [2.24, 2.45) is 0 Å². The van der Waals surface area contributed by atoms with Crippen molar-refractivity contribution < 1.29 is 44.8 Å². The predicted octanol–water partition coefficient (Wildman–Crippen LogP) is 0.675. The van der Waals surface area contributed by atoms with Gasteiger partial charge in [0.1, 0.15) is 0 Å². The van der Waals surface area contributed by atoms with Crippen LogP contribution in [0.1, 0.15) is 17.5 Å². The van der Waals surface area contributed by atoms with Crippen LogP contribution in [0.2, 0.25) is 0 Å². The van der Waals surface area contributed by atoms with Crippen molar-refractivity contribution in [3.8, 4) is 0 Å². The van der Waals surface area contributed by atoms with E-state index in [-0.39, 0.29) is 24.8 Å². The van der Waals surface area contributed by atoms with Crippen molar-refractivity contribution in [3.05, 3.63) is 139 Å². The zero-order chi connectivity index (χ0) is 19.4. The van der Waals surface area contributed by atoms with Crippen LogP contribution < -0.4 is 24.8 Å². The van der Waals surface area contributed by atoms with Crippen molar-refractivity contribution in [1.82, 2.24) is 0 Å². The number of rotatable bonds is 2. The van der Waals surface area contributed by atoms with Crippen LogP contribution in [0.5, 0.6) is 0 Å². The molecule has 0 unspecified atom stereocenters. The van der Waals surface area contributed by atoms with Crippen molar-refractivity contribution in [2.45, 2.75) is 6.42 Å². The molecular formula is C27H22Cl2Ti-2. The van der Waals surface area contributed by atoms with Gasteiger partial charge in [0.25, 0.3) is 0 Å². The van der Waals surface area contributed by atoms with E-state index in [2.05, 4.69) is 123 Å². The maximum atomic E-state index is 2.99. The van der Waals surface area contributed by atoms with Crippen LogP contribution in [0.4, 0.5) is 0 Å². The second-order valence-electron chi connectivity index (χ2n) is 6.26. The molecule has 0 heterocycles. The average molecular weight is 465 g/mol. The Labute approximate surface area is 203 Å². The summed E-state index contributed by atoms with van der Waals surface area (Å²) in [5.41, 5.74) is 2.58. The molecule has 30 heavy (non-hydrogen) atoms. The topological polar surface area (TPSA) is 0 Å². The van der Waals surface area contributed by atoms with Gasteiger partial charge in [-0.05, 0) is 0 Å². The number of halogens is 2. The van der Waals surface area contributed by atoms with Gasteiger partial charge in [-0.25, -0.2) is 12.2 Å². The summed E-state index contributed by atoms with van der Waals surface area (Å²) in [6, 6.07) is 35.6. The van der Waals surface area contributed by atoms with Crippen molar-refractivity contribution in [2.75, 3.05) is 0 Å². The van der Waals surface area contributed by atoms with Gasteiger partial charge in [0.2, 0.25) is 0 Å². The number of allylic oxidation sites excluding steroid dienone is 4. The smallest absolute Gasteiger partial charge is 0.0809 e. The van der Waals surface area contributed by atoms with E-state index in [4.69, 9.17) is 0 Å². The van der Waals surface area contributed by atoms with E-state index in [9.17, 15) is 0 Å². The third-order valence-corrected chi connectivity index (χ3v) is 5.16. The molecule has 0 saturated heterocycles. The Morgan fingerprint density at radius 1 is 0.733 bits per heavy atom. The number of hydrogen-bond acceptors (Lipinski definition) is 0. The summed E-state index contributed by atoms with van der Waals surface area (Å²) in [5.74, 6) is 0. The summed E-state index contributed by atoms with van der Waals surface area (Å²) in [7, 11) is 0. The molecular weight excluding hydrogens is 443 g/mol. The van der Waals surface area contributed by atoms with E-state index < -0.39 is 0 Å². The van der Waals surface area contributed by atoms with E-state index >= 15 is 0 Å². The van der Waals surface area contributed by atoms with Crippen LogP contribution in [0.3, 0.4) is 0 Å². The Bertz CT molecular complexity index is 966. The molecule has 0 bridgehead atoms.